The summed E-state index contributed by atoms with van der Waals surface area (Å²) < 4.78 is 15.7. The van der Waals surface area contributed by atoms with Crippen LogP contribution < -0.4 is 5.32 Å². The van der Waals surface area contributed by atoms with E-state index >= 15 is 0 Å². The Bertz CT molecular complexity index is 428. The summed E-state index contributed by atoms with van der Waals surface area (Å²) in [5.74, 6) is 1.09. The van der Waals surface area contributed by atoms with E-state index in [0.29, 0.717) is 6.04 Å². The Hall–Kier alpha value is -0.620. The van der Waals surface area contributed by atoms with Gasteiger partial charge in [0.05, 0.1) is 6.61 Å². The third-order valence-corrected chi connectivity index (χ3v) is 3.79. The van der Waals surface area contributed by atoms with E-state index in [9.17, 15) is 4.57 Å². The van der Waals surface area contributed by atoms with Crippen LogP contribution in [-0.4, -0.2) is 27.5 Å². The van der Waals surface area contributed by atoms with Crippen LogP contribution in [0.4, 0.5) is 5.82 Å². The highest BCUT2D eigenvalue weighted by atomic mass is 32.7. The standard InChI is InChI=1S/C10H16N3O3PS/c14-17(15,18)16-6-8-1-2-9(5-8)13-10-3-4-11-7-12-10/h3-4,7-9H,1-2,5-6H2,(H,11,12,13)(H2,14,15,18)/t8-,9+/m1/s1. The Labute approximate surface area is 111 Å². The van der Waals surface area contributed by atoms with E-state index in [1.54, 1.807) is 6.20 Å². The Balaban J connectivity index is 1.77. The maximum atomic E-state index is 10.9. The van der Waals surface area contributed by atoms with Crippen molar-refractivity contribution in [2.24, 2.45) is 5.92 Å². The van der Waals surface area contributed by atoms with Crippen LogP contribution in [0.25, 0.3) is 0 Å². The van der Waals surface area contributed by atoms with Crippen LogP contribution in [0.3, 0.4) is 0 Å². The maximum absolute atomic E-state index is 10.9. The summed E-state index contributed by atoms with van der Waals surface area (Å²) in [6, 6.07) is 2.14. The molecule has 2 rings (SSSR count). The monoisotopic (exact) mass is 289 g/mol. The molecule has 1 heterocycles. The molecule has 8 heteroatoms. The van der Waals surface area contributed by atoms with E-state index in [1.807, 2.05) is 6.07 Å². The van der Waals surface area contributed by atoms with Crippen LogP contribution in [0, 0.1) is 5.92 Å². The van der Waals surface area contributed by atoms with Crippen LogP contribution in [-0.2, 0) is 9.09 Å². The van der Waals surface area contributed by atoms with E-state index < -0.39 is 6.80 Å². The van der Waals surface area contributed by atoms with Gasteiger partial charge in [-0.3, -0.25) is 0 Å². The zero-order valence-electron chi connectivity index (χ0n) is 9.77. The van der Waals surface area contributed by atoms with Crippen molar-refractivity contribution in [3.05, 3.63) is 18.6 Å². The summed E-state index contributed by atoms with van der Waals surface area (Å²) in [6.45, 7) is -3.37. The number of hydrogen-bond donors (Lipinski definition) is 3. The molecule has 6 nitrogen and oxygen atoms in total. The number of anilines is 1. The minimum Gasteiger partial charge on any atom is -0.367 e. The zero-order valence-corrected chi connectivity index (χ0v) is 11.6. The average Bonchev–Trinajstić information content (AvgIpc) is 2.75. The molecule has 1 fully saturated rings. The van der Waals surface area contributed by atoms with Crippen molar-refractivity contribution < 1.29 is 14.0 Å². The van der Waals surface area contributed by atoms with Crippen LogP contribution in [0.15, 0.2) is 18.6 Å². The lowest BCUT2D eigenvalue weighted by atomic mass is 10.1. The molecule has 1 unspecified atom stereocenters. The normalized spacial score (nSPS) is 26.8. The van der Waals surface area contributed by atoms with Gasteiger partial charge in [-0.25, -0.2) is 14.5 Å². The molecule has 1 aromatic heterocycles. The molecule has 0 spiro atoms. The van der Waals surface area contributed by atoms with Gasteiger partial charge in [-0.2, -0.15) is 0 Å². The third kappa shape index (κ3) is 4.57. The van der Waals surface area contributed by atoms with Crippen molar-refractivity contribution in [1.29, 1.82) is 0 Å². The lowest BCUT2D eigenvalue weighted by Crippen LogP contribution is -2.17. The van der Waals surface area contributed by atoms with Crippen molar-refractivity contribution >= 4 is 24.9 Å². The number of rotatable bonds is 5. The SMILES string of the molecule is O=P(O)(S)OC[C@@H]1CC[C@H](Nc2ccncn2)C1. The molecule has 0 aromatic carbocycles. The largest absolute Gasteiger partial charge is 0.383 e. The van der Waals surface area contributed by atoms with Gasteiger partial charge in [0.15, 0.2) is 0 Å². The quantitative estimate of drug-likeness (QED) is 0.568. The highest BCUT2D eigenvalue weighted by Crippen LogP contribution is 2.47. The van der Waals surface area contributed by atoms with E-state index in [-0.39, 0.29) is 12.5 Å². The van der Waals surface area contributed by atoms with E-state index in [1.165, 1.54) is 6.33 Å². The highest BCUT2D eigenvalue weighted by Gasteiger charge is 2.26. The lowest BCUT2D eigenvalue weighted by Gasteiger charge is -2.14. The number of aromatic nitrogens is 2. The number of thiol groups is 1. The summed E-state index contributed by atoms with van der Waals surface area (Å²) in [6.07, 6.45) is 6.06. The van der Waals surface area contributed by atoms with Gasteiger partial charge in [0.25, 0.3) is 0 Å². The van der Waals surface area contributed by atoms with E-state index in [4.69, 9.17) is 9.42 Å². The molecule has 3 atom stereocenters. The molecular weight excluding hydrogens is 273 g/mol. The topological polar surface area (TPSA) is 84.3 Å². The molecule has 1 aliphatic rings. The molecule has 1 saturated carbocycles. The molecule has 0 amide bonds. The van der Waals surface area contributed by atoms with Gasteiger partial charge in [-0.05, 0) is 31.2 Å². The minimum atomic E-state index is -3.65. The molecule has 18 heavy (non-hydrogen) atoms. The summed E-state index contributed by atoms with van der Waals surface area (Å²) in [7, 11) is 0. The molecule has 2 N–H and O–H groups in total. The van der Waals surface area contributed by atoms with Crippen molar-refractivity contribution in [3.63, 3.8) is 0 Å². The van der Waals surface area contributed by atoms with Gasteiger partial charge in [0, 0.05) is 12.2 Å². The first-order chi connectivity index (χ1) is 8.53. The summed E-state index contributed by atoms with van der Waals surface area (Å²) in [5, 5.41) is 3.31. The molecule has 1 aliphatic carbocycles. The molecule has 100 valence electrons. The van der Waals surface area contributed by atoms with Crippen LogP contribution in [0.5, 0.6) is 0 Å². The molecule has 0 radical (unpaired) electrons. The number of nitrogens with one attached hydrogen (secondary N) is 1. The van der Waals surface area contributed by atoms with Gasteiger partial charge < -0.3 is 14.7 Å². The fourth-order valence-corrected chi connectivity index (χ4v) is 2.75. The predicted molar refractivity (Wildman–Crippen MR) is 71.5 cm³/mol. The van der Waals surface area contributed by atoms with Crippen LogP contribution >= 0.6 is 19.0 Å². The second kappa shape index (κ2) is 6.02. The molecular formula is C10H16N3O3PS. The van der Waals surface area contributed by atoms with Crippen molar-refractivity contribution in [3.8, 4) is 0 Å². The highest BCUT2D eigenvalue weighted by molar-refractivity contribution is 8.44. The summed E-state index contributed by atoms with van der Waals surface area (Å²) >= 11 is 3.49. The fraction of sp³-hybridized carbons (Fsp3) is 0.600. The van der Waals surface area contributed by atoms with Gasteiger partial charge in [-0.1, -0.05) is 12.2 Å². The van der Waals surface area contributed by atoms with Crippen molar-refractivity contribution in [2.45, 2.75) is 25.3 Å². The summed E-state index contributed by atoms with van der Waals surface area (Å²) in [4.78, 5) is 16.9. The Morgan fingerprint density at radius 2 is 2.44 bits per heavy atom. The third-order valence-electron chi connectivity index (χ3n) is 2.95. The molecule has 0 saturated heterocycles. The number of nitrogens with zero attached hydrogens (tertiary/aromatic N) is 2. The van der Waals surface area contributed by atoms with Gasteiger partial charge in [-0.15, -0.1) is 0 Å². The first kappa shape index (κ1) is 13.8. The van der Waals surface area contributed by atoms with Crippen LogP contribution in [0.2, 0.25) is 0 Å². The van der Waals surface area contributed by atoms with Gasteiger partial charge in [0.1, 0.15) is 12.1 Å². The van der Waals surface area contributed by atoms with Crippen molar-refractivity contribution in [1.82, 2.24) is 9.97 Å². The fourth-order valence-electron chi connectivity index (χ4n) is 2.15. The minimum absolute atomic E-state index is 0.277. The second-order valence-electron chi connectivity index (χ2n) is 4.40. The van der Waals surface area contributed by atoms with E-state index in [0.717, 1.165) is 25.1 Å². The van der Waals surface area contributed by atoms with Crippen LogP contribution in [0.1, 0.15) is 19.3 Å². The van der Waals surface area contributed by atoms with Gasteiger partial charge >= 0.3 is 6.80 Å². The summed E-state index contributed by atoms with van der Waals surface area (Å²) in [5.41, 5.74) is 0. The Morgan fingerprint density at radius 3 is 3.11 bits per heavy atom. The zero-order chi connectivity index (χ0) is 13.0. The molecule has 1 aromatic rings. The molecule has 0 aliphatic heterocycles. The lowest BCUT2D eigenvalue weighted by molar-refractivity contribution is 0.228. The maximum Gasteiger partial charge on any atom is 0.383 e. The first-order valence-corrected chi connectivity index (χ1v) is 8.48. The molecule has 0 bridgehead atoms. The number of hydrogen-bond acceptors (Lipinski definition) is 5. The Kier molecular flexibility index (Phi) is 4.61. The Morgan fingerprint density at radius 1 is 1.61 bits per heavy atom. The average molecular weight is 289 g/mol. The van der Waals surface area contributed by atoms with Crippen molar-refractivity contribution in [2.75, 3.05) is 11.9 Å². The van der Waals surface area contributed by atoms with E-state index in [2.05, 4.69) is 27.5 Å². The predicted octanol–water partition coefficient (Wildman–Crippen LogP) is 2.10. The van der Waals surface area contributed by atoms with Gasteiger partial charge in [0.2, 0.25) is 0 Å². The first-order valence-electron chi connectivity index (χ1n) is 5.75. The smallest absolute Gasteiger partial charge is 0.367 e. The second-order valence-corrected chi connectivity index (χ2v) is 7.16.